The van der Waals surface area contributed by atoms with E-state index < -0.39 is 0 Å². The molecule has 21 nitrogen and oxygen atoms in total. The van der Waals surface area contributed by atoms with E-state index in [1.807, 2.05) is 314 Å². The van der Waals surface area contributed by atoms with E-state index in [2.05, 4.69) is 140 Å². The van der Waals surface area contributed by atoms with Gasteiger partial charge in [-0.2, -0.15) is 0 Å². The molecule has 672 valence electrons. The summed E-state index contributed by atoms with van der Waals surface area (Å²) in [6.07, 6.45) is 14.5. The lowest BCUT2D eigenvalue weighted by Gasteiger charge is -2.04. The van der Waals surface area contributed by atoms with E-state index in [4.69, 9.17) is 34.8 Å². The Morgan fingerprint density at radius 1 is 0.256 bits per heavy atom. The number of halogens is 6. The minimum Gasteiger partial charge on any atom is -0.390 e. The SMILES string of the molecule is CCc1ccn2c(CO)c(-c3ccc(Br)cc3)nc2c1.Cc1ccc(-c2nc3cc(C)ccn3c2CO)cc1.Cc1ccc(-c2nc3ccccn3c2CO)cc1.Cc1cccn2c(CO)c(-c3ccc(Br)cc3)nc12.Cc1ccn2c(CO)c(-c3ccc(Br)cc3)nc2c1.Cc1ccn2c(CO)c(-c3ccccc3Cl)nc2c1.OCc1c(-c2ccc(Cl)cc2Cl)nc2ccccn12. The van der Waals surface area contributed by atoms with E-state index in [1.54, 1.807) is 12.1 Å². The first-order valence-electron chi connectivity index (χ1n) is 42.7. The quantitative estimate of drug-likeness (QED) is 0.0504. The number of aliphatic hydroxyl groups is 7. The van der Waals surface area contributed by atoms with Gasteiger partial charge >= 0.3 is 0 Å². The van der Waals surface area contributed by atoms with Crippen molar-refractivity contribution in [2.24, 2.45) is 0 Å². The number of hydrogen-bond donors (Lipinski definition) is 7. The number of imidazole rings is 7. The number of hydrogen-bond acceptors (Lipinski definition) is 14. The van der Waals surface area contributed by atoms with Crippen LogP contribution in [0.3, 0.4) is 0 Å². The smallest absolute Gasteiger partial charge is 0.140 e. The second-order valence-corrected chi connectivity index (χ2v) is 35.5. The molecule has 0 amide bonds. The highest BCUT2D eigenvalue weighted by Gasteiger charge is 2.22. The Morgan fingerprint density at radius 3 is 0.947 bits per heavy atom. The third-order valence-corrected chi connectivity index (χ3v) is 24.9. The summed E-state index contributed by atoms with van der Waals surface area (Å²) in [7, 11) is 0. The van der Waals surface area contributed by atoms with Crippen LogP contribution in [0.15, 0.2) is 318 Å². The molecule has 0 saturated carbocycles. The molecule has 7 aromatic carbocycles. The van der Waals surface area contributed by atoms with Gasteiger partial charge in [-0.3, -0.25) is 0 Å². The molecule has 0 unspecified atom stereocenters. The molecule has 0 bridgehead atoms. The van der Waals surface area contributed by atoms with E-state index in [0.717, 1.165) is 189 Å². The summed E-state index contributed by atoms with van der Waals surface area (Å²) < 4.78 is 16.5. The van der Waals surface area contributed by atoms with Gasteiger partial charge in [0.1, 0.15) is 39.5 Å². The molecule has 0 aliphatic carbocycles. The minimum atomic E-state index is -0.112. The van der Waals surface area contributed by atoms with Crippen LogP contribution in [-0.4, -0.2) is 101 Å². The fourth-order valence-electron chi connectivity index (χ4n) is 15.5. The molecule has 0 atom stereocenters. The van der Waals surface area contributed by atoms with Gasteiger partial charge < -0.3 is 66.6 Å². The maximum atomic E-state index is 9.68. The number of benzene rings is 7. The van der Waals surface area contributed by atoms with Crippen molar-refractivity contribution in [3.8, 4) is 78.8 Å². The summed E-state index contributed by atoms with van der Waals surface area (Å²) in [5.41, 5.74) is 32.1. The van der Waals surface area contributed by atoms with Gasteiger partial charge in [0.25, 0.3) is 0 Å². The fraction of sp³-hybridized carbons (Fsp3) is 0.142. The zero-order chi connectivity index (χ0) is 93.7. The average Bonchev–Trinajstić information content (AvgIpc) is 1.76. The van der Waals surface area contributed by atoms with Gasteiger partial charge in [0.2, 0.25) is 0 Å². The van der Waals surface area contributed by atoms with Crippen molar-refractivity contribution in [3.63, 3.8) is 0 Å². The van der Waals surface area contributed by atoms with Crippen LogP contribution in [0.4, 0.5) is 0 Å². The van der Waals surface area contributed by atoms with E-state index in [1.165, 1.54) is 16.7 Å². The molecule has 0 fully saturated rings. The van der Waals surface area contributed by atoms with Gasteiger partial charge in [0.15, 0.2) is 0 Å². The van der Waals surface area contributed by atoms with Gasteiger partial charge in [0.05, 0.1) is 136 Å². The van der Waals surface area contributed by atoms with Gasteiger partial charge in [-0.1, -0.05) is 222 Å². The molecule has 21 aromatic rings. The van der Waals surface area contributed by atoms with Crippen LogP contribution in [0.1, 0.15) is 85.7 Å². The highest BCUT2D eigenvalue weighted by atomic mass is 79.9. The zero-order valence-electron chi connectivity index (χ0n) is 73.7. The van der Waals surface area contributed by atoms with Crippen LogP contribution in [-0.2, 0) is 52.7 Å². The summed E-state index contributed by atoms with van der Waals surface area (Å²) in [5.74, 6) is 0. The number of aliphatic hydroxyl groups excluding tert-OH is 7. The van der Waals surface area contributed by atoms with Gasteiger partial charge in [-0.05, 0) is 215 Å². The first-order valence-corrected chi connectivity index (χ1v) is 46.2. The molecule has 133 heavy (non-hydrogen) atoms. The number of rotatable bonds is 15. The zero-order valence-corrected chi connectivity index (χ0v) is 80.7. The predicted molar refractivity (Wildman–Crippen MR) is 542 cm³/mol. The number of nitrogens with zero attached hydrogens (tertiary/aromatic N) is 14. The lowest BCUT2D eigenvalue weighted by molar-refractivity contribution is 0.276. The molecule has 0 aliphatic heterocycles. The lowest BCUT2D eigenvalue weighted by Crippen LogP contribution is -1.94. The van der Waals surface area contributed by atoms with Crippen molar-refractivity contribution in [2.75, 3.05) is 0 Å². The molecule has 14 heterocycles. The predicted octanol–water partition coefficient (Wildman–Crippen LogP) is 24.1. The molecule has 21 rings (SSSR count). The first kappa shape index (κ1) is 95.0. The Morgan fingerprint density at radius 2 is 0.564 bits per heavy atom. The van der Waals surface area contributed by atoms with E-state index in [9.17, 15) is 35.7 Å². The Kier molecular flexibility index (Phi) is 31.0. The lowest BCUT2D eigenvalue weighted by atomic mass is 10.1. The first-order chi connectivity index (χ1) is 64.5. The average molecular weight is 2020 g/mol. The third-order valence-electron chi connectivity index (χ3n) is 22.4. The maximum Gasteiger partial charge on any atom is 0.140 e. The van der Waals surface area contributed by atoms with Crippen molar-refractivity contribution >= 4 is 122 Å². The second-order valence-electron chi connectivity index (χ2n) is 31.5. The van der Waals surface area contributed by atoms with E-state index in [-0.39, 0.29) is 46.2 Å². The van der Waals surface area contributed by atoms with Crippen molar-refractivity contribution in [2.45, 2.75) is 101 Å². The summed E-state index contributed by atoms with van der Waals surface area (Å²) in [6, 6.07) is 84.7. The molecule has 14 aromatic heterocycles. The number of aryl methyl sites for hydroxylation is 7. The van der Waals surface area contributed by atoms with Gasteiger partial charge in [-0.15, -0.1) is 0 Å². The van der Waals surface area contributed by atoms with E-state index in [0.29, 0.717) is 26.5 Å². The summed E-state index contributed by atoms with van der Waals surface area (Å²) in [6.45, 7) is 14.0. The molecular weight excluding hydrogens is 1930 g/mol. The van der Waals surface area contributed by atoms with Crippen LogP contribution >= 0.6 is 82.6 Å². The van der Waals surface area contributed by atoms with Gasteiger partial charge in [-0.25, -0.2) is 34.9 Å². The molecule has 0 saturated heterocycles. The maximum absolute atomic E-state index is 9.68. The van der Waals surface area contributed by atoms with Crippen molar-refractivity contribution in [3.05, 3.63) is 412 Å². The third kappa shape index (κ3) is 21.4. The Bertz CT molecular complexity index is 7530. The molecule has 0 aliphatic rings. The Balaban J connectivity index is 0.000000118. The largest absolute Gasteiger partial charge is 0.390 e. The molecule has 0 radical (unpaired) electrons. The number of fused-ring (bicyclic) bond motifs is 7. The summed E-state index contributed by atoms with van der Waals surface area (Å²) in [4.78, 5) is 32.3. The highest BCUT2D eigenvalue weighted by molar-refractivity contribution is 9.11. The van der Waals surface area contributed by atoms with Crippen molar-refractivity contribution in [1.82, 2.24) is 65.7 Å². The minimum absolute atomic E-state index is 0.0195. The number of aromatic nitrogens is 14. The van der Waals surface area contributed by atoms with Crippen LogP contribution in [0.2, 0.25) is 15.1 Å². The summed E-state index contributed by atoms with van der Waals surface area (Å²) >= 11 is 28.6. The van der Waals surface area contributed by atoms with Crippen LogP contribution in [0.25, 0.3) is 118 Å². The molecular formula is C106H94Br3Cl3N14O7. The topological polar surface area (TPSA) is 263 Å². The second kappa shape index (κ2) is 43.4. The van der Waals surface area contributed by atoms with Gasteiger partial charge in [0, 0.05) is 101 Å². The summed E-state index contributed by atoms with van der Waals surface area (Å²) in [5, 5.41) is 69.1. The normalized spacial score (nSPS) is 11.1. The number of pyridine rings is 7. The van der Waals surface area contributed by atoms with Crippen molar-refractivity contribution < 1.29 is 35.7 Å². The van der Waals surface area contributed by atoms with Crippen molar-refractivity contribution in [1.29, 1.82) is 0 Å². The Hall–Kier alpha value is -12.6. The van der Waals surface area contributed by atoms with Crippen LogP contribution in [0, 0.1) is 41.5 Å². The van der Waals surface area contributed by atoms with Crippen LogP contribution in [0.5, 0.6) is 0 Å². The monoisotopic (exact) mass is 2020 g/mol. The fourth-order valence-corrected chi connectivity index (χ4v) is 17.0. The molecule has 27 heteroatoms. The highest BCUT2D eigenvalue weighted by Crippen LogP contribution is 2.37. The molecule has 0 spiro atoms. The van der Waals surface area contributed by atoms with Crippen LogP contribution < -0.4 is 0 Å². The van der Waals surface area contributed by atoms with E-state index >= 15 is 0 Å². The molecule has 7 N–H and O–H groups in total. The standard InChI is InChI=1S/C16H15BrN2O.C16H16N2O.2C15H13BrN2O.C15H13ClN2O.C15H14N2O.C14H10Cl2N2O/c1-2-11-7-8-19-14(10-20)16(18-15(19)9-11)12-3-5-13(17)6-4-12;1-11-3-5-13(6-4-11)16-14(10-19)18-8-7-12(2)9-15(18)17-16;1-10-6-7-18-13(9-19)15(17-14(18)8-10)11-2-4-12(16)5-3-11;1-10-3-2-8-18-13(9-19)14(17-15(10)18)11-4-6-12(16)7-5-11;1-10-6-7-18-13(9-19)15(17-14(18)8-10)11-4-2-3-5-12(11)16;1-11-5-7-12(8-6-11)15-13(10-18)17-9-3-2-4-14(17)16-15;15-9-4-5-10(11(16)7-9)14-12(8-19)18-6-2-1-3-13(18)17-14/h3-9,20H,2,10H2,1H3;3-9,19H,10H2,1-2H3;3*2-8,19H,9H2,1H3;2-9,18H,10H2,1H3;1-7,19H,8H2. The Labute approximate surface area is 808 Å².